The number of fused-ring (bicyclic) bond motifs is 1. The zero-order valence-electron chi connectivity index (χ0n) is 11.2. The van der Waals surface area contributed by atoms with Crippen molar-refractivity contribution in [1.82, 2.24) is 0 Å². The van der Waals surface area contributed by atoms with Crippen molar-refractivity contribution in [2.75, 3.05) is 7.11 Å². The van der Waals surface area contributed by atoms with E-state index >= 15 is 0 Å². The van der Waals surface area contributed by atoms with E-state index in [2.05, 4.69) is 6.92 Å². The van der Waals surface area contributed by atoms with Gasteiger partial charge in [0.1, 0.15) is 17.1 Å². The smallest absolute Gasteiger partial charge is 0.128 e. The van der Waals surface area contributed by atoms with Crippen molar-refractivity contribution >= 4 is 0 Å². The molecule has 1 aliphatic heterocycles. The number of rotatable bonds is 1. The van der Waals surface area contributed by atoms with Crippen LogP contribution in [0.1, 0.15) is 44.6 Å². The highest BCUT2D eigenvalue weighted by atomic mass is 16.5. The van der Waals surface area contributed by atoms with Gasteiger partial charge in [-0.15, -0.1) is 0 Å². The maximum Gasteiger partial charge on any atom is 0.128 e. The summed E-state index contributed by atoms with van der Waals surface area (Å²) in [5.41, 5.74) is 7.27. The first-order valence-electron chi connectivity index (χ1n) is 6.71. The van der Waals surface area contributed by atoms with E-state index in [0.717, 1.165) is 36.3 Å². The normalized spacial score (nSPS) is 28.8. The molecule has 0 amide bonds. The molecule has 0 bridgehead atoms. The fraction of sp³-hybridized carbons (Fsp3) is 0.600. The summed E-state index contributed by atoms with van der Waals surface area (Å²) in [7, 11) is 1.68. The maximum absolute atomic E-state index is 6.51. The van der Waals surface area contributed by atoms with E-state index in [0.29, 0.717) is 0 Å². The average molecular weight is 247 g/mol. The fourth-order valence-corrected chi connectivity index (χ4v) is 3.52. The molecule has 1 aromatic rings. The van der Waals surface area contributed by atoms with E-state index in [-0.39, 0.29) is 11.1 Å². The Kier molecular flexibility index (Phi) is 2.56. The molecule has 2 N–H and O–H groups in total. The van der Waals surface area contributed by atoms with Crippen LogP contribution in [0.5, 0.6) is 11.5 Å². The van der Waals surface area contributed by atoms with Crippen LogP contribution < -0.4 is 15.2 Å². The molecular formula is C15H21NO2. The molecule has 2 aliphatic rings. The number of hydrogen-bond donors (Lipinski definition) is 1. The molecule has 1 aromatic carbocycles. The molecule has 0 aromatic heterocycles. The topological polar surface area (TPSA) is 44.5 Å². The lowest BCUT2D eigenvalue weighted by Gasteiger charge is -2.44. The summed E-state index contributed by atoms with van der Waals surface area (Å²) in [6.45, 7) is 2.11. The third kappa shape index (κ3) is 1.77. The molecule has 3 rings (SSSR count). The molecule has 1 fully saturated rings. The van der Waals surface area contributed by atoms with Gasteiger partial charge in [-0.1, -0.05) is 0 Å². The van der Waals surface area contributed by atoms with Crippen molar-refractivity contribution in [3.8, 4) is 11.5 Å². The Morgan fingerprint density at radius 1 is 1.28 bits per heavy atom. The highest BCUT2D eigenvalue weighted by Crippen LogP contribution is 2.49. The van der Waals surface area contributed by atoms with Gasteiger partial charge < -0.3 is 15.2 Å². The lowest BCUT2D eigenvalue weighted by molar-refractivity contribution is 0.0222. The monoisotopic (exact) mass is 247 g/mol. The van der Waals surface area contributed by atoms with Gasteiger partial charge in [0, 0.05) is 23.6 Å². The molecule has 3 nitrogen and oxygen atoms in total. The Balaban J connectivity index is 2.05. The Labute approximate surface area is 108 Å². The molecule has 1 saturated carbocycles. The van der Waals surface area contributed by atoms with Crippen molar-refractivity contribution in [2.45, 2.75) is 50.2 Å². The minimum atomic E-state index is -0.301. The summed E-state index contributed by atoms with van der Waals surface area (Å²) >= 11 is 0. The minimum absolute atomic E-state index is 0.0388. The number of methoxy groups -OCH3 is 1. The van der Waals surface area contributed by atoms with Gasteiger partial charge in [0.2, 0.25) is 0 Å². The zero-order valence-corrected chi connectivity index (χ0v) is 11.2. The van der Waals surface area contributed by atoms with Gasteiger partial charge in [0.25, 0.3) is 0 Å². The highest BCUT2D eigenvalue weighted by molar-refractivity contribution is 5.46. The summed E-state index contributed by atoms with van der Waals surface area (Å²) in [5, 5.41) is 0. The second-order valence-electron chi connectivity index (χ2n) is 5.95. The van der Waals surface area contributed by atoms with Crippen LogP contribution >= 0.6 is 0 Å². The first-order chi connectivity index (χ1) is 8.55. The van der Waals surface area contributed by atoms with E-state index in [4.69, 9.17) is 15.2 Å². The van der Waals surface area contributed by atoms with Crippen molar-refractivity contribution in [3.63, 3.8) is 0 Å². The van der Waals surface area contributed by atoms with Gasteiger partial charge in [0.05, 0.1) is 7.11 Å². The Hall–Kier alpha value is -1.22. The predicted molar refractivity (Wildman–Crippen MR) is 71.0 cm³/mol. The first-order valence-corrected chi connectivity index (χ1v) is 6.71. The summed E-state index contributed by atoms with van der Waals surface area (Å²) in [6.07, 6.45) is 5.65. The molecule has 1 unspecified atom stereocenters. The molecule has 3 heteroatoms. The van der Waals surface area contributed by atoms with E-state index < -0.39 is 0 Å². The predicted octanol–water partition coefficient (Wildman–Crippen LogP) is 2.96. The van der Waals surface area contributed by atoms with E-state index in [1.165, 1.54) is 12.8 Å². The van der Waals surface area contributed by atoms with Crippen LogP contribution in [-0.4, -0.2) is 12.7 Å². The number of nitrogens with two attached hydrogens (primary N) is 1. The third-order valence-electron chi connectivity index (χ3n) is 4.33. The molecule has 98 valence electrons. The Morgan fingerprint density at radius 2 is 2.00 bits per heavy atom. The summed E-state index contributed by atoms with van der Waals surface area (Å²) in [5.74, 6) is 1.74. The fourth-order valence-electron chi connectivity index (χ4n) is 3.52. The van der Waals surface area contributed by atoms with Gasteiger partial charge in [-0.25, -0.2) is 0 Å². The highest BCUT2D eigenvalue weighted by Gasteiger charge is 2.46. The average Bonchev–Trinajstić information content (AvgIpc) is 2.75. The van der Waals surface area contributed by atoms with Gasteiger partial charge in [-0.3, -0.25) is 0 Å². The van der Waals surface area contributed by atoms with Crippen LogP contribution in [0, 0.1) is 0 Å². The summed E-state index contributed by atoms with van der Waals surface area (Å²) < 4.78 is 11.6. The quantitative estimate of drug-likeness (QED) is 0.829. The van der Waals surface area contributed by atoms with Crippen LogP contribution in [0.2, 0.25) is 0 Å². The van der Waals surface area contributed by atoms with Crippen molar-refractivity contribution in [2.24, 2.45) is 5.73 Å². The lowest BCUT2D eigenvalue weighted by atomic mass is 9.77. The number of benzene rings is 1. The molecule has 1 heterocycles. The summed E-state index contributed by atoms with van der Waals surface area (Å²) in [4.78, 5) is 0. The third-order valence-corrected chi connectivity index (χ3v) is 4.33. The minimum Gasteiger partial charge on any atom is -0.497 e. The standard InChI is InChI=1S/C15H21NO2/c1-14(16)10-15(7-3-4-8-15)18-13-9-11(17-2)5-6-12(13)14/h5-6,9H,3-4,7-8,10,16H2,1-2H3. The number of hydrogen-bond acceptors (Lipinski definition) is 3. The summed E-state index contributed by atoms with van der Waals surface area (Å²) in [6, 6.07) is 5.97. The van der Waals surface area contributed by atoms with Gasteiger partial charge >= 0.3 is 0 Å². The van der Waals surface area contributed by atoms with Crippen LogP contribution in [0.3, 0.4) is 0 Å². The lowest BCUT2D eigenvalue weighted by Crippen LogP contribution is -2.49. The SMILES string of the molecule is COc1ccc2c(c1)OC1(CCCC1)CC2(C)N. The second kappa shape index (κ2) is 3.89. The van der Waals surface area contributed by atoms with Crippen LogP contribution in [0.4, 0.5) is 0 Å². The first kappa shape index (κ1) is 11.8. The largest absolute Gasteiger partial charge is 0.497 e. The van der Waals surface area contributed by atoms with E-state index in [1.807, 2.05) is 18.2 Å². The second-order valence-corrected chi connectivity index (χ2v) is 5.95. The molecule has 1 aliphatic carbocycles. The van der Waals surface area contributed by atoms with Crippen LogP contribution in [-0.2, 0) is 5.54 Å². The Bertz CT molecular complexity index is 462. The van der Waals surface area contributed by atoms with Gasteiger partial charge in [0.15, 0.2) is 0 Å². The van der Waals surface area contributed by atoms with E-state index in [1.54, 1.807) is 7.11 Å². The zero-order chi connectivity index (χ0) is 12.8. The van der Waals surface area contributed by atoms with Gasteiger partial charge in [-0.2, -0.15) is 0 Å². The maximum atomic E-state index is 6.51. The number of ether oxygens (including phenoxy) is 2. The van der Waals surface area contributed by atoms with Gasteiger partial charge in [-0.05, 0) is 44.7 Å². The Morgan fingerprint density at radius 3 is 2.67 bits per heavy atom. The molecule has 0 saturated heterocycles. The molecule has 18 heavy (non-hydrogen) atoms. The van der Waals surface area contributed by atoms with Crippen molar-refractivity contribution < 1.29 is 9.47 Å². The molecule has 1 atom stereocenters. The van der Waals surface area contributed by atoms with Crippen molar-refractivity contribution in [3.05, 3.63) is 23.8 Å². The molecule has 1 spiro atoms. The molecular weight excluding hydrogens is 226 g/mol. The van der Waals surface area contributed by atoms with E-state index in [9.17, 15) is 0 Å². The molecule has 0 radical (unpaired) electrons. The van der Waals surface area contributed by atoms with Crippen LogP contribution in [0.15, 0.2) is 18.2 Å². The van der Waals surface area contributed by atoms with Crippen molar-refractivity contribution in [1.29, 1.82) is 0 Å². The van der Waals surface area contributed by atoms with Crippen LogP contribution in [0.25, 0.3) is 0 Å².